The number of rotatable bonds is 17. The van der Waals surface area contributed by atoms with Crippen LogP contribution in [0.2, 0.25) is 0 Å². The number of hydrogen-bond donors (Lipinski definition) is 2. The highest BCUT2D eigenvalue weighted by atomic mass is 16.6. The third-order valence-electron chi connectivity index (χ3n) is 7.42. The number of aryl methyl sites for hydroxylation is 2. The highest BCUT2D eigenvalue weighted by Crippen LogP contribution is 2.28. The highest BCUT2D eigenvalue weighted by Gasteiger charge is 2.36. The van der Waals surface area contributed by atoms with Crippen LogP contribution in [-0.4, -0.2) is 47.5 Å². The molecule has 0 aliphatic rings. The lowest BCUT2D eigenvalue weighted by molar-refractivity contribution is -0.142. The molecular formula is C36H55N3O4. The summed E-state index contributed by atoms with van der Waals surface area (Å²) in [5.74, 6) is -0.491. The van der Waals surface area contributed by atoms with Crippen LogP contribution in [0.4, 0.5) is 4.79 Å². The first-order valence-electron chi connectivity index (χ1n) is 16.2. The minimum atomic E-state index is -0.908. The Hall–Kier alpha value is -3.35. The van der Waals surface area contributed by atoms with E-state index in [2.05, 4.69) is 30.5 Å². The van der Waals surface area contributed by atoms with Crippen molar-refractivity contribution in [2.75, 3.05) is 13.1 Å². The van der Waals surface area contributed by atoms with Crippen LogP contribution in [0.1, 0.15) is 114 Å². The van der Waals surface area contributed by atoms with Crippen molar-refractivity contribution in [3.05, 3.63) is 70.8 Å². The normalized spacial score (nSPS) is 12.7. The molecule has 0 fully saturated rings. The zero-order valence-electron chi connectivity index (χ0n) is 27.6. The molecule has 7 nitrogen and oxygen atoms in total. The average molecular weight is 594 g/mol. The molecule has 7 heteroatoms. The van der Waals surface area contributed by atoms with Gasteiger partial charge in [0.1, 0.15) is 17.7 Å². The lowest BCUT2D eigenvalue weighted by Crippen LogP contribution is -2.54. The molecule has 0 aromatic heterocycles. The minimum Gasteiger partial charge on any atom is -0.444 e. The van der Waals surface area contributed by atoms with Crippen molar-refractivity contribution in [2.24, 2.45) is 0 Å². The summed E-state index contributed by atoms with van der Waals surface area (Å²) >= 11 is 0. The zero-order valence-corrected chi connectivity index (χ0v) is 27.6. The second kappa shape index (κ2) is 18.3. The molecule has 0 aliphatic heterocycles. The fourth-order valence-electron chi connectivity index (χ4n) is 5.20. The average Bonchev–Trinajstić information content (AvgIpc) is 2.94. The van der Waals surface area contributed by atoms with Gasteiger partial charge in [0.2, 0.25) is 11.8 Å². The van der Waals surface area contributed by atoms with Crippen molar-refractivity contribution < 1.29 is 19.1 Å². The molecule has 43 heavy (non-hydrogen) atoms. The SMILES string of the molecule is CCCCCCCCN(C(=O)C(Cc1ccccc1)NC(=O)OC(C)(C)C)C(C(=O)NCCCC)c1ccc(C)cc1C. The topological polar surface area (TPSA) is 87.7 Å². The van der Waals surface area contributed by atoms with Gasteiger partial charge in [0, 0.05) is 19.5 Å². The van der Waals surface area contributed by atoms with E-state index in [4.69, 9.17) is 4.74 Å². The van der Waals surface area contributed by atoms with Gasteiger partial charge in [0.05, 0.1) is 0 Å². The second-order valence-corrected chi connectivity index (χ2v) is 12.6. The predicted molar refractivity (Wildman–Crippen MR) is 175 cm³/mol. The van der Waals surface area contributed by atoms with Crippen molar-refractivity contribution in [2.45, 2.75) is 124 Å². The molecule has 2 unspecified atom stereocenters. The van der Waals surface area contributed by atoms with E-state index in [0.29, 0.717) is 13.1 Å². The quantitative estimate of drug-likeness (QED) is 0.185. The van der Waals surface area contributed by atoms with E-state index < -0.39 is 23.8 Å². The van der Waals surface area contributed by atoms with Crippen LogP contribution in [0, 0.1) is 13.8 Å². The van der Waals surface area contributed by atoms with Crippen molar-refractivity contribution >= 4 is 17.9 Å². The van der Waals surface area contributed by atoms with Crippen molar-refractivity contribution in [3.63, 3.8) is 0 Å². The number of benzene rings is 2. The Labute approximate surface area is 260 Å². The Morgan fingerprint density at radius 1 is 0.860 bits per heavy atom. The smallest absolute Gasteiger partial charge is 0.408 e. The molecule has 2 atom stereocenters. The molecule has 0 radical (unpaired) electrons. The molecule has 0 bridgehead atoms. The number of amides is 3. The number of nitrogens with one attached hydrogen (secondary N) is 2. The number of alkyl carbamates (subject to hydrolysis) is 1. The lowest BCUT2D eigenvalue weighted by atomic mass is 9.95. The fraction of sp³-hybridized carbons (Fsp3) is 0.583. The number of carbonyl (C=O) groups excluding carboxylic acids is 3. The van der Waals surface area contributed by atoms with E-state index in [0.717, 1.165) is 67.2 Å². The summed E-state index contributed by atoms with van der Waals surface area (Å²) in [7, 11) is 0. The molecule has 0 spiro atoms. The summed E-state index contributed by atoms with van der Waals surface area (Å²) < 4.78 is 5.56. The van der Waals surface area contributed by atoms with Crippen molar-refractivity contribution in [1.29, 1.82) is 0 Å². The Kier molecular flexibility index (Phi) is 15.3. The zero-order chi connectivity index (χ0) is 31.8. The first-order chi connectivity index (χ1) is 20.5. The maximum atomic E-state index is 14.6. The largest absolute Gasteiger partial charge is 0.444 e. The summed E-state index contributed by atoms with van der Waals surface area (Å²) in [5.41, 5.74) is 3.04. The molecule has 3 amide bonds. The summed E-state index contributed by atoms with van der Waals surface area (Å²) in [6.45, 7) is 14.6. The predicted octanol–water partition coefficient (Wildman–Crippen LogP) is 7.59. The van der Waals surface area contributed by atoms with Gasteiger partial charge in [0.25, 0.3) is 0 Å². The van der Waals surface area contributed by atoms with Crippen molar-refractivity contribution in [1.82, 2.24) is 15.5 Å². The molecule has 0 aliphatic carbocycles. The van der Waals surface area contributed by atoms with Gasteiger partial charge in [-0.05, 0) is 64.2 Å². The second-order valence-electron chi connectivity index (χ2n) is 12.6. The summed E-state index contributed by atoms with van der Waals surface area (Å²) in [5, 5.41) is 5.95. The maximum Gasteiger partial charge on any atom is 0.408 e. The molecule has 2 aromatic rings. The van der Waals surface area contributed by atoms with Crippen LogP contribution in [0.25, 0.3) is 0 Å². The first kappa shape index (κ1) is 35.8. The Morgan fingerprint density at radius 3 is 2.14 bits per heavy atom. The molecule has 0 saturated carbocycles. The third kappa shape index (κ3) is 12.8. The van der Waals surface area contributed by atoms with Crippen LogP contribution >= 0.6 is 0 Å². The Morgan fingerprint density at radius 2 is 1.51 bits per heavy atom. The van der Waals surface area contributed by atoms with Gasteiger partial charge < -0.3 is 20.3 Å². The fourth-order valence-corrected chi connectivity index (χ4v) is 5.20. The number of ether oxygens (including phenoxy) is 1. The minimum absolute atomic E-state index is 0.199. The lowest BCUT2D eigenvalue weighted by Gasteiger charge is -2.35. The van der Waals surface area contributed by atoms with E-state index in [1.807, 2.05) is 56.3 Å². The summed E-state index contributed by atoms with van der Waals surface area (Å²) in [4.78, 5) is 43.3. The number of unbranched alkanes of at least 4 members (excludes halogenated alkanes) is 6. The number of nitrogens with zero attached hydrogens (tertiary/aromatic N) is 1. The standard InChI is InChI=1S/C36H55N3O4/c1-8-10-12-13-14-18-24-39(32(33(40)37-23-11-9-2)30-22-21-27(3)25-28(30)4)34(41)31(26-29-19-16-15-17-20-29)38-35(42)43-36(5,6)7/h15-17,19-22,25,31-32H,8-14,18,23-24,26H2,1-7H3,(H,37,40)(H,38,42). The number of carbonyl (C=O) groups is 3. The van der Waals surface area contributed by atoms with E-state index in [-0.39, 0.29) is 18.2 Å². The van der Waals surface area contributed by atoms with Gasteiger partial charge in [-0.1, -0.05) is 106 Å². The van der Waals surface area contributed by atoms with Crippen LogP contribution in [0.3, 0.4) is 0 Å². The van der Waals surface area contributed by atoms with Gasteiger partial charge in [-0.2, -0.15) is 0 Å². The van der Waals surface area contributed by atoms with Gasteiger partial charge in [-0.25, -0.2) is 4.79 Å². The van der Waals surface area contributed by atoms with Gasteiger partial charge in [0.15, 0.2) is 0 Å². The van der Waals surface area contributed by atoms with Gasteiger partial charge >= 0.3 is 6.09 Å². The maximum absolute atomic E-state index is 14.6. The molecule has 0 saturated heterocycles. The van der Waals surface area contributed by atoms with Crippen LogP contribution in [-0.2, 0) is 20.7 Å². The van der Waals surface area contributed by atoms with Crippen molar-refractivity contribution in [3.8, 4) is 0 Å². The van der Waals surface area contributed by atoms with Crippen LogP contribution in [0.5, 0.6) is 0 Å². The summed E-state index contributed by atoms with van der Waals surface area (Å²) in [6.07, 6.45) is 7.74. The van der Waals surface area contributed by atoms with Crippen LogP contribution in [0.15, 0.2) is 48.5 Å². The molecule has 2 N–H and O–H groups in total. The van der Waals surface area contributed by atoms with E-state index in [9.17, 15) is 14.4 Å². The molecule has 2 aromatic carbocycles. The van der Waals surface area contributed by atoms with E-state index >= 15 is 0 Å². The van der Waals surface area contributed by atoms with Gasteiger partial charge in [-0.15, -0.1) is 0 Å². The van der Waals surface area contributed by atoms with Crippen LogP contribution < -0.4 is 10.6 Å². The molecule has 0 heterocycles. The van der Waals surface area contributed by atoms with E-state index in [1.54, 1.807) is 25.7 Å². The molecular weight excluding hydrogens is 538 g/mol. The first-order valence-corrected chi connectivity index (χ1v) is 16.2. The molecule has 238 valence electrons. The third-order valence-corrected chi connectivity index (χ3v) is 7.42. The Bertz CT molecular complexity index is 1140. The number of hydrogen-bond acceptors (Lipinski definition) is 4. The molecule has 2 rings (SSSR count). The monoisotopic (exact) mass is 593 g/mol. The highest BCUT2D eigenvalue weighted by molar-refractivity contribution is 5.92. The Balaban J connectivity index is 2.54. The van der Waals surface area contributed by atoms with Gasteiger partial charge in [-0.3, -0.25) is 9.59 Å². The summed E-state index contributed by atoms with van der Waals surface area (Å²) in [6, 6.07) is 13.9. The van der Waals surface area contributed by atoms with E-state index in [1.165, 1.54) is 6.42 Å².